The molecule has 2 aromatic carbocycles. The molecular weight excluding hydrogens is 312 g/mol. The number of rotatable bonds is 8. The summed E-state index contributed by atoms with van der Waals surface area (Å²) >= 11 is 0. The number of nitrogens with zero attached hydrogens (tertiary/aromatic N) is 1. The second-order valence-electron chi connectivity index (χ2n) is 6.69. The van der Waals surface area contributed by atoms with Crippen molar-refractivity contribution < 1.29 is 9.53 Å². The molecule has 0 aliphatic carbocycles. The predicted molar refractivity (Wildman–Crippen MR) is 102 cm³/mol. The number of ether oxygens (including phenoxy) is 1. The van der Waals surface area contributed by atoms with E-state index in [1.807, 2.05) is 37.3 Å². The van der Waals surface area contributed by atoms with Crippen molar-refractivity contribution in [2.75, 3.05) is 26.2 Å². The smallest absolute Gasteiger partial charge is 0.261 e. The van der Waals surface area contributed by atoms with Crippen molar-refractivity contribution in [1.82, 2.24) is 10.2 Å². The molecule has 1 amide bonds. The highest BCUT2D eigenvalue weighted by Crippen LogP contribution is 2.26. The van der Waals surface area contributed by atoms with Gasteiger partial charge in [0, 0.05) is 11.9 Å². The number of carbonyl (C=O) groups is 1. The van der Waals surface area contributed by atoms with Gasteiger partial charge >= 0.3 is 0 Å². The van der Waals surface area contributed by atoms with Gasteiger partial charge in [0.25, 0.3) is 5.91 Å². The van der Waals surface area contributed by atoms with Crippen molar-refractivity contribution in [3.05, 3.63) is 42.5 Å². The fourth-order valence-electron chi connectivity index (χ4n) is 3.41. The summed E-state index contributed by atoms with van der Waals surface area (Å²) in [5.41, 5.74) is 0. The van der Waals surface area contributed by atoms with E-state index >= 15 is 0 Å². The quantitative estimate of drug-likeness (QED) is 0.747. The number of nitrogens with one attached hydrogen (secondary N) is 1. The molecule has 4 nitrogen and oxygen atoms in total. The molecule has 1 N–H and O–H groups in total. The Kier molecular flexibility index (Phi) is 6.29. The van der Waals surface area contributed by atoms with Gasteiger partial charge in [0.2, 0.25) is 0 Å². The van der Waals surface area contributed by atoms with Crippen LogP contribution in [0.1, 0.15) is 32.6 Å². The van der Waals surface area contributed by atoms with Crippen molar-refractivity contribution >= 4 is 16.7 Å². The van der Waals surface area contributed by atoms with Crippen molar-refractivity contribution in [3.8, 4) is 5.75 Å². The summed E-state index contributed by atoms with van der Waals surface area (Å²) in [5.74, 6) is 0.758. The number of benzene rings is 2. The first-order valence-electron chi connectivity index (χ1n) is 9.42. The lowest BCUT2D eigenvalue weighted by atomic mass is 10.1. The maximum atomic E-state index is 12.5. The molecule has 1 aliphatic rings. The highest BCUT2D eigenvalue weighted by molar-refractivity contribution is 5.89. The van der Waals surface area contributed by atoms with Crippen molar-refractivity contribution in [2.24, 2.45) is 0 Å². The Morgan fingerprint density at radius 1 is 1.16 bits per heavy atom. The van der Waals surface area contributed by atoms with Gasteiger partial charge in [-0.05, 0) is 56.8 Å². The Bertz CT molecular complexity index is 690. The van der Waals surface area contributed by atoms with Crippen LogP contribution in [0.3, 0.4) is 0 Å². The standard InChI is InChI=1S/C21H28N2O2/c1-2-19(21(24)22-13-8-16-23-14-5-6-15-23)25-20-12-7-10-17-9-3-4-11-18(17)20/h3-4,7,9-12,19H,2,5-6,8,13-16H2,1H3,(H,22,24). The maximum absolute atomic E-state index is 12.5. The molecule has 2 aromatic rings. The fraction of sp³-hybridized carbons (Fsp3) is 0.476. The second kappa shape index (κ2) is 8.86. The highest BCUT2D eigenvalue weighted by atomic mass is 16.5. The van der Waals surface area contributed by atoms with Crippen LogP contribution in [0.25, 0.3) is 10.8 Å². The van der Waals surface area contributed by atoms with E-state index in [9.17, 15) is 4.79 Å². The second-order valence-corrected chi connectivity index (χ2v) is 6.69. The molecule has 1 heterocycles. The lowest BCUT2D eigenvalue weighted by Gasteiger charge is -2.19. The number of hydrogen-bond donors (Lipinski definition) is 1. The summed E-state index contributed by atoms with van der Waals surface area (Å²) in [7, 11) is 0. The summed E-state index contributed by atoms with van der Waals surface area (Å²) in [4.78, 5) is 14.9. The van der Waals surface area contributed by atoms with Crippen LogP contribution in [0, 0.1) is 0 Å². The normalized spacial score (nSPS) is 16.0. The van der Waals surface area contributed by atoms with Crippen LogP contribution in [0.4, 0.5) is 0 Å². The zero-order valence-electron chi connectivity index (χ0n) is 15.0. The molecule has 4 heteroatoms. The third-order valence-electron chi connectivity index (χ3n) is 4.83. The number of likely N-dealkylation sites (tertiary alicyclic amines) is 1. The Morgan fingerprint density at radius 2 is 1.92 bits per heavy atom. The molecule has 1 atom stereocenters. The first-order chi connectivity index (χ1) is 12.3. The Balaban J connectivity index is 1.53. The predicted octanol–water partition coefficient (Wildman–Crippen LogP) is 3.60. The van der Waals surface area contributed by atoms with Gasteiger partial charge in [0.1, 0.15) is 5.75 Å². The van der Waals surface area contributed by atoms with Gasteiger partial charge in [-0.15, -0.1) is 0 Å². The molecule has 1 fully saturated rings. The van der Waals surface area contributed by atoms with Gasteiger partial charge in [-0.3, -0.25) is 4.79 Å². The third-order valence-corrected chi connectivity index (χ3v) is 4.83. The average Bonchev–Trinajstić information content (AvgIpc) is 3.16. The van der Waals surface area contributed by atoms with Crippen LogP contribution < -0.4 is 10.1 Å². The van der Waals surface area contributed by atoms with E-state index in [0.717, 1.165) is 29.5 Å². The van der Waals surface area contributed by atoms with Gasteiger partial charge in [-0.25, -0.2) is 0 Å². The van der Waals surface area contributed by atoms with E-state index in [0.29, 0.717) is 13.0 Å². The minimum atomic E-state index is -0.447. The van der Waals surface area contributed by atoms with Crippen LogP contribution in [0.2, 0.25) is 0 Å². The van der Waals surface area contributed by atoms with Crippen LogP contribution in [0.15, 0.2) is 42.5 Å². The van der Waals surface area contributed by atoms with Crippen LogP contribution in [0.5, 0.6) is 5.75 Å². The Morgan fingerprint density at radius 3 is 2.72 bits per heavy atom. The Labute approximate surface area is 150 Å². The number of amides is 1. The molecule has 1 saturated heterocycles. The zero-order valence-corrected chi connectivity index (χ0v) is 15.0. The van der Waals surface area contributed by atoms with Crippen molar-refractivity contribution in [1.29, 1.82) is 0 Å². The molecule has 0 spiro atoms. The zero-order chi connectivity index (χ0) is 17.5. The van der Waals surface area contributed by atoms with Gasteiger partial charge < -0.3 is 15.0 Å². The van der Waals surface area contributed by atoms with E-state index in [4.69, 9.17) is 4.74 Å². The third kappa shape index (κ3) is 4.73. The molecule has 0 bridgehead atoms. The monoisotopic (exact) mass is 340 g/mol. The topological polar surface area (TPSA) is 41.6 Å². The van der Waals surface area contributed by atoms with Gasteiger partial charge in [0.05, 0.1) is 0 Å². The number of carbonyl (C=O) groups excluding carboxylic acids is 1. The van der Waals surface area contributed by atoms with Crippen LogP contribution in [-0.2, 0) is 4.79 Å². The van der Waals surface area contributed by atoms with Crippen LogP contribution in [-0.4, -0.2) is 43.1 Å². The molecule has 134 valence electrons. The van der Waals surface area contributed by atoms with Gasteiger partial charge in [-0.1, -0.05) is 43.3 Å². The number of hydrogen-bond acceptors (Lipinski definition) is 3. The van der Waals surface area contributed by atoms with Crippen molar-refractivity contribution in [2.45, 2.75) is 38.7 Å². The minimum Gasteiger partial charge on any atom is -0.480 e. The van der Waals surface area contributed by atoms with E-state index in [-0.39, 0.29) is 5.91 Å². The molecular formula is C21H28N2O2. The molecule has 0 radical (unpaired) electrons. The van der Waals surface area contributed by atoms with E-state index < -0.39 is 6.10 Å². The fourth-order valence-corrected chi connectivity index (χ4v) is 3.41. The Hall–Kier alpha value is -2.07. The number of fused-ring (bicyclic) bond motifs is 1. The summed E-state index contributed by atoms with van der Waals surface area (Å²) in [6.45, 7) is 6.18. The van der Waals surface area contributed by atoms with E-state index in [1.165, 1.54) is 25.9 Å². The average molecular weight is 340 g/mol. The van der Waals surface area contributed by atoms with Crippen LogP contribution >= 0.6 is 0 Å². The minimum absolute atomic E-state index is 0.0168. The summed E-state index contributed by atoms with van der Waals surface area (Å²) in [6.07, 6.45) is 3.82. The SMILES string of the molecule is CCC(Oc1cccc2ccccc12)C(=O)NCCCN1CCCC1. The highest BCUT2D eigenvalue weighted by Gasteiger charge is 2.19. The first kappa shape index (κ1) is 17.7. The molecule has 25 heavy (non-hydrogen) atoms. The first-order valence-corrected chi connectivity index (χ1v) is 9.42. The molecule has 1 aliphatic heterocycles. The van der Waals surface area contributed by atoms with Gasteiger partial charge in [0.15, 0.2) is 6.10 Å². The van der Waals surface area contributed by atoms with Crippen molar-refractivity contribution in [3.63, 3.8) is 0 Å². The van der Waals surface area contributed by atoms with E-state index in [1.54, 1.807) is 0 Å². The largest absolute Gasteiger partial charge is 0.480 e. The molecule has 0 saturated carbocycles. The van der Waals surface area contributed by atoms with E-state index in [2.05, 4.69) is 22.3 Å². The molecule has 0 aromatic heterocycles. The maximum Gasteiger partial charge on any atom is 0.261 e. The molecule has 3 rings (SSSR count). The lowest BCUT2D eigenvalue weighted by Crippen LogP contribution is -2.39. The summed E-state index contributed by atoms with van der Waals surface area (Å²) in [6, 6.07) is 14.1. The summed E-state index contributed by atoms with van der Waals surface area (Å²) in [5, 5.41) is 5.21. The summed E-state index contributed by atoms with van der Waals surface area (Å²) < 4.78 is 6.05. The van der Waals surface area contributed by atoms with Gasteiger partial charge in [-0.2, -0.15) is 0 Å². The lowest BCUT2D eigenvalue weighted by molar-refractivity contribution is -0.128. The molecule has 1 unspecified atom stereocenters.